The van der Waals surface area contributed by atoms with Crippen LogP contribution in [0.1, 0.15) is 13.3 Å². The first-order chi connectivity index (χ1) is 8.67. The normalized spacial score (nSPS) is 12.1. The molecule has 18 heavy (non-hydrogen) atoms. The molecule has 4 N–H and O–H groups in total. The van der Waals surface area contributed by atoms with Crippen LogP contribution >= 0.6 is 0 Å². The standard InChI is InChI=1S/C10H14N8/c1-6(3-4-11)18(2)9-7-5-13-17-8(7)14-10(15-9)16-12/h5-6H,3,12H2,1-2H3,(H2,13,14,15,16,17). The smallest absolute Gasteiger partial charge is 0.241 e. The number of nitriles is 1. The molecule has 0 amide bonds. The number of nitrogens with one attached hydrogen (secondary N) is 2. The van der Waals surface area contributed by atoms with Gasteiger partial charge in [-0.2, -0.15) is 20.3 Å². The van der Waals surface area contributed by atoms with Crippen molar-refractivity contribution in [1.29, 1.82) is 5.26 Å². The third kappa shape index (κ3) is 2.03. The monoisotopic (exact) mass is 246 g/mol. The fourth-order valence-corrected chi connectivity index (χ4v) is 1.63. The largest absolute Gasteiger partial charge is 0.355 e. The van der Waals surface area contributed by atoms with Crippen molar-refractivity contribution >= 4 is 22.8 Å². The van der Waals surface area contributed by atoms with Crippen molar-refractivity contribution in [3.05, 3.63) is 6.20 Å². The Kier molecular flexibility index (Phi) is 3.25. The molecule has 2 aromatic heterocycles. The number of nitrogens with two attached hydrogens (primary N) is 1. The molecule has 0 aliphatic heterocycles. The van der Waals surface area contributed by atoms with Crippen molar-refractivity contribution in [3.8, 4) is 6.07 Å². The summed E-state index contributed by atoms with van der Waals surface area (Å²) in [6.45, 7) is 1.95. The molecule has 2 rings (SSSR count). The van der Waals surface area contributed by atoms with E-state index in [0.717, 1.165) is 5.39 Å². The van der Waals surface area contributed by atoms with E-state index in [-0.39, 0.29) is 6.04 Å². The zero-order valence-electron chi connectivity index (χ0n) is 10.2. The molecule has 0 radical (unpaired) electrons. The van der Waals surface area contributed by atoms with Gasteiger partial charge in [0.05, 0.1) is 24.1 Å². The van der Waals surface area contributed by atoms with Crippen molar-refractivity contribution < 1.29 is 0 Å². The number of anilines is 2. The van der Waals surface area contributed by atoms with E-state index in [2.05, 4.69) is 31.7 Å². The lowest BCUT2D eigenvalue weighted by molar-refractivity contribution is 0.696. The first-order valence-electron chi connectivity index (χ1n) is 5.45. The van der Waals surface area contributed by atoms with Crippen molar-refractivity contribution in [2.75, 3.05) is 17.4 Å². The zero-order valence-corrected chi connectivity index (χ0v) is 10.2. The number of aromatic amines is 1. The van der Waals surface area contributed by atoms with E-state index in [1.54, 1.807) is 6.20 Å². The van der Waals surface area contributed by atoms with Gasteiger partial charge in [-0.3, -0.25) is 10.5 Å². The maximum absolute atomic E-state index is 8.75. The predicted octanol–water partition coefficient (Wildman–Crippen LogP) is 0.377. The molecule has 0 spiro atoms. The van der Waals surface area contributed by atoms with Crippen molar-refractivity contribution in [2.24, 2.45) is 5.84 Å². The highest BCUT2D eigenvalue weighted by Crippen LogP contribution is 2.24. The van der Waals surface area contributed by atoms with E-state index in [1.807, 2.05) is 18.9 Å². The molecule has 94 valence electrons. The van der Waals surface area contributed by atoms with Crippen LogP contribution in [0.5, 0.6) is 0 Å². The van der Waals surface area contributed by atoms with Gasteiger partial charge in [0.1, 0.15) is 5.82 Å². The first kappa shape index (κ1) is 12.1. The van der Waals surface area contributed by atoms with Gasteiger partial charge >= 0.3 is 0 Å². The number of hydrogen-bond donors (Lipinski definition) is 3. The van der Waals surface area contributed by atoms with Crippen molar-refractivity contribution in [3.63, 3.8) is 0 Å². The average Bonchev–Trinajstić information content (AvgIpc) is 2.84. The second-order valence-electron chi connectivity index (χ2n) is 3.97. The van der Waals surface area contributed by atoms with Gasteiger partial charge in [0.15, 0.2) is 5.65 Å². The third-order valence-corrected chi connectivity index (χ3v) is 2.80. The molecule has 2 aromatic rings. The number of rotatable bonds is 4. The fourth-order valence-electron chi connectivity index (χ4n) is 1.63. The minimum Gasteiger partial charge on any atom is -0.355 e. The lowest BCUT2D eigenvalue weighted by Crippen LogP contribution is -2.29. The van der Waals surface area contributed by atoms with E-state index < -0.39 is 0 Å². The van der Waals surface area contributed by atoms with Gasteiger partial charge in [-0.05, 0) is 6.92 Å². The van der Waals surface area contributed by atoms with E-state index in [4.69, 9.17) is 11.1 Å². The first-order valence-corrected chi connectivity index (χ1v) is 5.45. The summed E-state index contributed by atoms with van der Waals surface area (Å²) in [6.07, 6.45) is 2.06. The zero-order chi connectivity index (χ0) is 13.1. The molecule has 8 nitrogen and oxygen atoms in total. The number of fused-ring (bicyclic) bond motifs is 1. The molecule has 2 heterocycles. The van der Waals surface area contributed by atoms with Gasteiger partial charge in [-0.15, -0.1) is 0 Å². The van der Waals surface area contributed by atoms with E-state index in [9.17, 15) is 0 Å². The summed E-state index contributed by atoms with van der Waals surface area (Å²) in [5.41, 5.74) is 3.01. The second-order valence-corrected chi connectivity index (χ2v) is 3.97. The Bertz CT molecular complexity index is 583. The maximum atomic E-state index is 8.75. The van der Waals surface area contributed by atoms with Gasteiger partial charge in [0, 0.05) is 13.1 Å². The Morgan fingerprint density at radius 2 is 2.39 bits per heavy atom. The number of nitrogens with zero attached hydrogens (tertiary/aromatic N) is 5. The maximum Gasteiger partial charge on any atom is 0.241 e. The summed E-state index contributed by atoms with van der Waals surface area (Å²) in [6, 6.07) is 2.18. The van der Waals surface area contributed by atoms with Crippen LogP contribution in [0.3, 0.4) is 0 Å². The second kappa shape index (κ2) is 4.85. The Morgan fingerprint density at radius 1 is 1.61 bits per heavy atom. The van der Waals surface area contributed by atoms with Crippen LogP contribution in [0.2, 0.25) is 0 Å². The van der Waals surface area contributed by atoms with E-state index in [1.165, 1.54) is 0 Å². The van der Waals surface area contributed by atoms with Crippen LogP contribution in [0.4, 0.5) is 11.8 Å². The summed E-state index contributed by atoms with van der Waals surface area (Å²) in [7, 11) is 1.87. The predicted molar refractivity (Wildman–Crippen MR) is 67.6 cm³/mol. The van der Waals surface area contributed by atoms with Crippen molar-refractivity contribution in [1.82, 2.24) is 20.2 Å². The summed E-state index contributed by atoms with van der Waals surface area (Å²) in [5.74, 6) is 6.32. The van der Waals surface area contributed by atoms with Crippen LogP contribution in [0.15, 0.2) is 6.20 Å². The quantitative estimate of drug-likeness (QED) is 0.526. The summed E-state index contributed by atoms with van der Waals surface area (Å²) in [4.78, 5) is 10.4. The number of hydrazine groups is 1. The van der Waals surface area contributed by atoms with Crippen LogP contribution in [-0.2, 0) is 0 Å². The molecular weight excluding hydrogens is 232 g/mol. The Morgan fingerprint density at radius 3 is 3.06 bits per heavy atom. The molecule has 0 fully saturated rings. The molecule has 0 aromatic carbocycles. The van der Waals surface area contributed by atoms with Gasteiger partial charge < -0.3 is 4.90 Å². The van der Waals surface area contributed by atoms with Gasteiger partial charge in [0.2, 0.25) is 5.95 Å². The Balaban J connectivity index is 2.48. The number of hydrogen-bond acceptors (Lipinski definition) is 7. The summed E-state index contributed by atoms with van der Waals surface area (Å²) >= 11 is 0. The number of aromatic nitrogens is 4. The van der Waals surface area contributed by atoms with Crippen LogP contribution in [-0.4, -0.2) is 33.3 Å². The molecule has 0 saturated heterocycles. The van der Waals surface area contributed by atoms with Gasteiger partial charge in [-0.1, -0.05) is 0 Å². The molecular formula is C10H14N8. The minimum absolute atomic E-state index is 0.0358. The third-order valence-electron chi connectivity index (χ3n) is 2.80. The van der Waals surface area contributed by atoms with Crippen molar-refractivity contribution in [2.45, 2.75) is 19.4 Å². The van der Waals surface area contributed by atoms with E-state index >= 15 is 0 Å². The Hall–Kier alpha value is -2.40. The highest BCUT2D eigenvalue weighted by Gasteiger charge is 2.17. The highest BCUT2D eigenvalue weighted by molar-refractivity contribution is 5.87. The lowest BCUT2D eigenvalue weighted by atomic mass is 10.2. The van der Waals surface area contributed by atoms with Gasteiger partial charge in [-0.25, -0.2) is 5.84 Å². The lowest BCUT2D eigenvalue weighted by Gasteiger charge is -2.24. The number of nitrogen functional groups attached to an aromatic ring is 1. The number of H-pyrrole nitrogens is 1. The minimum atomic E-state index is 0.0358. The molecule has 0 bridgehead atoms. The topological polar surface area (TPSA) is 120 Å². The fraction of sp³-hybridized carbons (Fsp3) is 0.400. The van der Waals surface area contributed by atoms with Gasteiger partial charge in [0.25, 0.3) is 0 Å². The molecule has 0 aliphatic carbocycles. The van der Waals surface area contributed by atoms with Crippen LogP contribution in [0, 0.1) is 11.3 Å². The molecule has 1 atom stereocenters. The van der Waals surface area contributed by atoms with Crippen LogP contribution in [0.25, 0.3) is 11.0 Å². The SMILES string of the molecule is CC(CC#N)N(C)c1nc(NN)nc2[nH]ncc12. The Labute approximate surface area is 104 Å². The summed E-state index contributed by atoms with van der Waals surface area (Å²) < 4.78 is 0. The molecule has 0 aliphatic rings. The van der Waals surface area contributed by atoms with E-state index in [0.29, 0.717) is 23.8 Å². The molecule has 0 saturated carbocycles. The molecule has 1 unspecified atom stereocenters. The molecule has 8 heteroatoms. The summed E-state index contributed by atoms with van der Waals surface area (Å²) in [5, 5.41) is 16.2. The average molecular weight is 246 g/mol. The highest BCUT2D eigenvalue weighted by atomic mass is 15.3. The van der Waals surface area contributed by atoms with Crippen LogP contribution < -0.4 is 16.2 Å².